The summed E-state index contributed by atoms with van der Waals surface area (Å²) < 4.78 is 42.0. The summed E-state index contributed by atoms with van der Waals surface area (Å²) in [4.78, 5) is 36.2. The van der Waals surface area contributed by atoms with Crippen LogP contribution < -0.4 is 0 Å². The fourth-order valence-electron chi connectivity index (χ4n) is 4.27. The maximum Gasteiger partial charge on any atom is 0.417 e. The van der Waals surface area contributed by atoms with Crippen molar-refractivity contribution in [1.29, 1.82) is 0 Å². The number of fused-ring (bicyclic) bond motifs is 1. The number of benzene rings is 2. The first-order valence-electron chi connectivity index (χ1n) is 10.2. The van der Waals surface area contributed by atoms with Gasteiger partial charge < -0.3 is 10.2 Å². The van der Waals surface area contributed by atoms with Gasteiger partial charge in [0.15, 0.2) is 0 Å². The monoisotopic (exact) mass is 491 g/mol. The van der Waals surface area contributed by atoms with Crippen LogP contribution in [0.4, 0.5) is 13.2 Å². The highest BCUT2D eigenvalue weighted by Crippen LogP contribution is 2.39. The van der Waals surface area contributed by atoms with E-state index in [1.165, 1.54) is 36.5 Å². The molecular weight excluding hydrogens is 475 g/mol. The standard InChI is InChI=1S/C24H17ClF3NO5/c25-18-3-1-2-17(24(26,27)28)20(18)21(30)29-11-16(12-4-6-13(7-5-12)22(31)32)15-9-8-14(23(33)34)10-19(15)29/h1-7,11,14H,8-10H2,(H,31,32)(H,33,34). The van der Waals surface area contributed by atoms with Crippen LogP contribution in [0.25, 0.3) is 11.1 Å². The number of rotatable bonds is 4. The molecule has 1 aliphatic rings. The third-order valence-corrected chi connectivity index (χ3v) is 6.26. The lowest BCUT2D eigenvalue weighted by atomic mass is 9.85. The zero-order valence-electron chi connectivity index (χ0n) is 17.4. The van der Waals surface area contributed by atoms with Crippen molar-refractivity contribution in [1.82, 2.24) is 4.57 Å². The Balaban J connectivity index is 1.90. The fraction of sp³-hybridized carbons (Fsp3) is 0.208. The third kappa shape index (κ3) is 4.19. The van der Waals surface area contributed by atoms with Crippen LogP contribution in [0.2, 0.25) is 5.02 Å². The number of carboxylic acid groups (broad SMARTS) is 2. The zero-order valence-corrected chi connectivity index (χ0v) is 18.2. The van der Waals surface area contributed by atoms with Crippen LogP contribution in [0.3, 0.4) is 0 Å². The smallest absolute Gasteiger partial charge is 0.417 e. The normalized spacial score (nSPS) is 15.6. The van der Waals surface area contributed by atoms with Gasteiger partial charge in [0.1, 0.15) is 0 Å². The van der Waals surface area contributed by atoms with Gasteiger partial charge in [-0.1, -0.05) is 29.8 Å². The molecule has 0 fully saturated rings. The number of alkyl halides is 3. The van der Waals surface area contributed by atoms with Gasteiger partial charge in [-0.25, -0.2) is 4.79 Å². The Morgan fingerprint density at radius 3 is 2.29 bits per heavy atom. The molecule has 2 aromatic carbocycles. The number of aliphatic carboxylic acids is 1. The highest BCUT2D eigenvalue weighted by molar-refractivity contribution is 6.34. The van der Waals surface area contributed by atoms with Gasteiger partial charge in [0.05, 0.1) is 27.6 Å². The maximum atomic E-state index is 13.6. The van der Waals surface area contributed by atoms with E-state index in [9.17, 15) is 32.7 Å². The Hall–Kier alpha value is -3.59. The molecule has 4 rings (SSSR count). The molecule has 1 heterocycles. The molecule has 176 valence electrons. The van der Waals surface area contributed by atoms with Crippen LogP contribution in [0.5, 0.6) is 0 Å². The van der Waals surface area contributed by atoms with Crippen molar-refractivity contribution in [2.24, 2.45) is 5.92 Å². The van der Waals surface area contributed by atoms with Crippen LogP contribution in [-0.4, -0.2) is 32.6 Å². The van der Waals surface area contributed by atoms with Gasteiger partial charge in [0.25, 0.3) is 5.91 Å². The first-order valence-corrected chi connectivity index (χ1v) is 10.6. The van der Waals surface area contributed by atoms with Crippen LogP contribution in [0.1, 0.15) is 44.0 Å². The quantitative estimate of drug-likeness (QED) is 0.509. The average molecular weight is 492 g/mol. The van der Waals surface area contributed by atoms with E-state index < -0.39 is 41.1 Å². The summed E-state index contributed by atoms with van der Waals surface area (Å²) >= 11 is 6.03. The molecule has 0 saturated carbocycles. The molecule has 2 N–H and O–H groups in total. The second kappa shape index (κ2) is 8.64. The van der Waals surface area contributed by atoms with Crippen molar-refractivity contribution >= 4 is 29.4 Å². The molecular formula is C24H17ClF3NO5. The number of halogens is 4. The van der Waals surface area contributed by atoms with Crippen molar-refractivity contribution in [3.63, 3.8) is 0 Å². The molecule has 0 amide bonds. The van der Waals surface area contributed by atoms with Crippen LogP contribution in [0, 0.1) is 5.92 Å². The number of carbonyl (C=O) groups excluding carboxylic acids is 1. The minimum Gasteiger partial charge on any atom is -0.481 e. The highest BCUT2D eigenvalue weighted by Gasteiger charge is 2.38. The van der Waals surface area contributed by atoms with E-state index in [2.05, 4.69) is 0 Å². The van der Waals surface area contributed by atoms with E-state index in [0.29, 0.717) is 28.8 Å². The summed E-state index contributed by atoms with van der Waals surface area (Å²) in [7, 11) is 0. The van der Waals surface area contributed by atoms with Crippen molar-refractivity contribution < 1.29 is 37.8 Å². The van der Waals surface area contributed by atoms with E-state index in [1.807, 2.05) is 0 Å². The fourth-order valence-corrected chi connectivity index (χ4v) is 4.53. The van der Waals surface area contributed by atoms with Gasteiger partial charge in [-0.05, 0) is 48.2 Å². The van der Waals surface area contributed by atoms with Crippen LogP contribution in [-0.2, 0) is 23.8 Å². The summed E-state index contributed by atoms with van der Waals surface area (Å²) in [5.41, 5.74) is 0.139. The molecule has 6 nitrogen and oxygen atoms in total. The van der Waals surface area contributed by atoms with Gasteiger partial charge in [-0.2, -0.15) is 13.2 Å². The predicted octanol–water partition coefficient (Wildman–Crippen LogP) is 5.40. The molecule has 1 atom stereocenters. The Kier molecular flexibility index (Phi) is 5.99. The molecule has 34 heavy (non-hydrogen) atoms. The lowest BCUT2D eigenvalue weighted by Crippen LogP contribution is -2.26. The Morgan fingerprint density at radius 2 is 1.71 bits per heavy atom. The number of hydrogen-bond acceptors (Lipinski definition) is 3. The van der Waals surface area contributed by atoms with Crippen LogP contribution >= 0.6 is 11.6 Å². The Bertz CT molecular complexity index is 1310. The topological polar surface area (TPSA) is 96.6 Å². The van der Waals surface area contributed by atoms with E-state index in [4.69, 9.17) is 16.7 Å². The molecule has 0 saturated heterocycles. The van der Waals surface area contributed by atoms with Crippen molar-refractivity contribution in [2.75, 3.05) is 0 Å². The summed E-state index contributed by atoms with van der Waals surface area (Å²) in [6.07, 6.45) is -2.92. The van der Waals surface area contributed by atoms with E-state index in [0.717, 1.165) is 16.7 Å². The van der Waals surface area contributed by atoms with Gasteiger partial charge in [-0.3, -0.25) is 14.2 Å². The summed E-state index contributed by atoms with van der Waals surface area (Å²) in [6, 6.07) is 8.88. The lowest BCUT2D eigenvalue weighted by molar-refractivity contribution is -0.142. The molecule has 1 aromatic heterocycles. The molecule has 0 spiro atoms. The molecule has 3 aromatic rings. The zero-order chi connectivity index (χ0) is 24.8. The minimum absolute atomic E-state index is 0.0462. The number of nitrogens with zero attached hydrogens (tertiary/aromatic N) is 1. The van der Waals surface area contributed by atoms with Gasteiger partial charge in [0, 0.05) is 23.9 Å². The highest BCUT2D eigenvalue weighted by atomic mass is 35.5. The van der Waals surface area contributed by atoms with Gasteiger partial charge in [-0.15, -0.1) is 0 Å². The molecule has 0 aliphatic heterocycles. The first kappa shape index (κ1) is 23.6. The Labute approximate surface area is 196 Å². The summed E-state index contributed by atoms with van der Waals surface area (Å²) in [5, 5.41) is 18.2. The largest absolute Gasteiger partial charge is 0.481 e. The maximum absolute atomic E-state index is 13.6. The molecule has 0 bridgehead atoms. The Morgan fingerprint density at radius 1 is 1.03 bits per heavy atom. The second-order valence-electron chi connectivity index (χ2n) is 7.96. The molecule has 0 radical (unpaired) electrons. The van der Waals surface area contributed by atoms with Crippen LogP contribution in [0.15, 0.2) is 48.7 Å². The number of carbonyl (C=O) groups is 3. The van der Waals surface area contributed by atoms with E-state index in [-0.39, 0.29) is 23.4 Å². The number of carboxylic acids is 2. The van der Waals surface area contributed by atoms with Crippen molar-refractivity contribution in [2.45, 2.75) is 25.4 Å². The number of aromatic nitrogens is 1. The SMILES string of the molecule is O=C(O)c1ccc(-c2cn(C(=O)c3c(Cl)cccc3C(F)(F)F)c3c2CCC(C(=O)O)C3)cc1. The second-order valence-corrected chi connectivity index (χ2v) is 8.37. The first-order chi connectivity index (χ1) is 16.0. The van der Waals surface area contributed by atoms with Crippen molar-refractivity contribution in [3.05, 3.63) is 81.6 Å². The molecule has 1 aliphatic carbocycles. The average Bonchev–Trinajstić information content (AvgIpc) is 3.16. The van der Waals surface area contributed by atoms with E-state index >= 15 is 0 Å². The van der Waals surface area contributed by atoms with Gasteiger partial charge >= 0.3 is 18.1 Å². The van der Waals surface area contributed by atoms with Gasteiger partial charge in [0.2, 0.25) is 0 Å². The lowest BCUT2D eigenvalue weighted by Gasteiger charge is -2.22. The molecule has 10 heteroatoms. The molecule has 1 unspecified atom stereocenters. The summed E-state index contributed by atoms with van der Waals surface area (Å²) in [6.45, 7) is 0. The predicted molar refractivity (Wildman–Crippen MR) is 116 cm³/mol. The number of aromatic carboxylic acids is 1. The van der Waals surface area contributed by atoms with Crippen molar-refractivity contribution in [3.8, 4) is 11.1 Å². The minimum atomic E-state index is -4.83. The third-order valence-electron chi connectivity index (χ3n) is 5.95. The van der Waals surface area contributed by atoms with E-state index in [1.54, 1.807) is 0 Å². The summed E-state index contributed by atoms with van der Waals surface area (Å²) in [5.74, 6) is -4.01. The number of hydrogen-bond donors (Lipinski definition) is 2.